The molecule has 0 unspecified atom stereocenters. The van der Waals surface area contributed by atoms with Crippen molar-refractivity contribution in [2.75, 3.05) is 26.6 Å². The number of amides is 1. The largest absolute Gasteiger partial charge is 0.496 e. The molecule has 1 aliphatic carbocycles. The molecule has 1 N–H and O–H groups in total. The smallest absolute Gasteiger partial charge is 0.260 e. The highest BCUT2D eigenvalue weighted by Gasteiger charge is 2.22. The fraction of sp³-hybridized carbons (Fsp3) is 0.444. The molecule has 25 heavy (non-hydrogen) atoms. The van der Waals surface area contributed by atoms with Crippen LogP contribution in [-0.4, -0.2) is 37.0 Å². The molecule has 0 atom stereocenters. The molecule has 3 rings (SSSR count). The quantitative estimate of drug-likeness (QED) is 0.870. The molecule has 1 aromatic heterocycles. The molecule has 1 aromatic carbocycles. The van der Waals surface area contributed by atoms with Gasteiger partial charge >= 0.3 is 0 Å². The minimum Gasteiger partial charge on any atom is -0.496 e. The minimum absolute atomic E-state index is 0.280. The zero-order valence-corrected chi connectivity index (χ0v) is 14.7. The highest BCUT2D eigenvalue weighted by atomic mass is 16.5. The van der Waals surface area contributed by atoms with Crippen LogP contribution >= 0.6 is 0 Å². The maximum absolute atomic E-state index is 12.8. The van der Waals surface area contributed by atoms with Gasteiger partial charge in [-0.3, -0.25) is 4.79 Å². The lowest BCUT2D eigenvalue weighted by Gasteiger charge is -2.16. The molecular formula is C18H23N3O4. The number of nitrogens with zero attached hydrogens (tertiary/aromatic N) is 2. The Labute approximate surface area is 146 Å². The van der Waals surface area contributed by atoms with Crippen LogP contribution in [0, 0.1) is 0 Å². The van der Waals surface area contributed by atoms with Crippen molar-refractivity contribution in [1.82, 2.24) is 9.78 Å². The van der Waals surface area contributed by atoms with E-state index < -0.39 is 0 Å². The molecule has 1 saturated carbocycles. The highest BCUT2D eigenvalue weighted by molar-refractivity contribution is 6.06. The SMILES string of the molecule is COc1cc(OC)c(C(=O)Nc2ccnn2C2CCCC2)cc1OC. The molecular weight excluding hydrogens is 322 g/mol. The van der Waals surface area contributed by atoms with E-state index in [-0.39, 0.29) is 5.91 Å². The zero-order valence-electron chi connectivity index (χ0n) is 14.7. The Morgan fingerprint density at radius 1 is 1.08 bits per heavy atom. The molecule has 134 valence electrons. The van der Waals surface area contributed by atoms with E-state index in [2.05, 4.69) is 10.4 Å². The van der Waals surface area contributed by atoms with Gasteiger partial charge in [-0.05, 0) is 12.8 Å². The lowest BCUT2D eigenvalue weighted by Crippen LogP contribution is -2.18. The first-order valence-corrected chi connectivity index (χ1v) is 8.32. The first-order valence-electron chi connectivity index (χ1n) is 8.32. The van der Waals surface area contributed by atoms with E-state index in [0.29, 0.717) is 34.7 Å². The van der Waals surface area contributed by atoms with E-state index in [1.165, 1.54) is 34.2 Å². The fourth-order valence-electron chi connectivity index (χ4n) is 3.24. The van der Waals surface area contributed by atoms with Crippen LogP contribution in [0.5, 0.6) is 17.2 Å². The average molecular weight is 345 g/mol. The molecule has 1 heterocycles. The van der Waals surface area contributed by atoms with Gasteiger partial charge in [-0.25, -0.2) is 4.68 Å². The second kappa shape index (κ2) is 7.46. The lowest BCUT2D eigenvalue weighted by atomic mass is 10.1. The van der Waals surface area contributed by atoms with E-state index in [1.54, 1.807) is 18.3 Å². The third-order valence-corrected chi connectivity index (χ3v) is 4.53. The molecule has 1 aliphatic rings. The first-order chi connectivity index (χ1) is 12.2. The summed E-state index contributed by atoms with van der Waals surface area (Å²) in [6.07, 6.45) is 6.27. The third-order valence-electron chi connectivity index (χ3n) is 4.53. The number of carbonyl (C=O) groups is 1. The van der Waals surface area contributed by atoms with Crippen LogP contribution in [-0.2, 0) is 0 Å². The van der Waals surface area contributed by atoms with Gasteiger partial charge in [0, 0.05) is 18.2 Å². The molecule has 2 aromatic rings. The number of nitrogens with one attached hydrogen (secondary N) is 1. The number of aromatic nitrogens is 2. The lowest BCUT2D eigenvalue weighted by molar-refractivity contribution is 0.102. The van der Waals surface area contributed by atoms with Crippen molar-refractivity contribution in [3.05, 3.63) is 30.0 Å². The van der Waals surface area contributed by atoms with Crippen LogP contribution < -0.4 is 19.5 Å². The minimum atomic E-state index is -0.280. The number of rotatable bonds is 6. The zero-order chi connectivity index (χ0) is 17.8. The summed E-state index contributed by atoms with van der Waals surface area (Å²) in [6, 6.07) is 5.41. The maximum Gasteiger partial charge on any atom is 0.260 e. The molecule has 0 saturated heterocycles. The maximum atomic E-state index is 12.8. The molecule has 1 fully saturated rings. The van der Waals surface area contributed by atoms with Crippen LogP contribution in [0.2, 0.25) is 0 Å². The van der Waals surface area contributed by atoms with Gasteiger partial charge in [0.1, 0.15) is 11.6 Å². The van der Waals surface area contributed by atoms with Crippen LogP contribution in [0.25, 0.3) is 0 Å². The summed E-state index contributed by atoms with van der Waals surface area (Å²) in [7, 11) is 4.58. The predicted molar refractivity (Wildman–Crippen MR) is 93.8 cm³/mol. The first kappa shape index (κ1) is 17.1. The van der Waals surface area contributed by atoms with Gasteiger partial charge in [-0.1, -0.05) is 12.8 Å². The number of hydrogen-bond acceptors (Lipinski definition) is 5. The summed E-state index contributed by atoms with van der Waals surface area (Å²) in [5, 5.41) is 7.31. The topological polar surface area (TPSA) is 74.6 Å². The number of anilines is 1. The number of ether oxygens (including phenoxy) is 3. The Morgan fingerprint density at radius 2 is 1.72 bits per heavy atom. The summed E-state index contributed by atoms with van der Waals surface area (Å²) in [4.78, 5) is 12.8. The van der Waals surface area contributed by atoms with Crippen molar-refractivity contribution in [2.45, 2.75) is 31.7 Å². The van der Waals surface area contributed by atoms with Gasteiger partial charge in [0.25, 0.3) is 5.91 Å². The summed E-state index contributed by atoms with van der Waals surface area (Å²) < 4.78 is 17.8. The van der Waals surface area contributed by atoms with Gasteiger partial charge in [0.05, 0.1) is 39.1 Å². The van der Waals surface area contributed by atoms with E-state index >= 15 is 0 Å². The van der Waals surface area contributed by atoms with E-state index in [4.69, 9.17) is 14.2 Å². The van der Waals surface area contributed by atoms with Crippen LogP contribution in [0.15, 0.2) is 24.4 Å². The molecule has 7 heteroatoms. The number of carbonyl (C=O) groups excluding carboxylic acids is 1. The fourth-order valence-corrected chi connectivity index (χ4v) is 3.24. The molecule has 0 aliphatic heterocycles. The van der Waals surface area contributed by atoms with Crippen LogP contribution in [0.4, 0.5) is 5.82 Å². The third kappa shape index (κ3) is 3.40. The molecule has 0 bridgehead atoms. The Hall–Kier alpha value is -2.70. The van der Waals surface area contributed by atoms with E-state index in [1.807, 2.05) is 10.7 Å². The summed E-state index contributed by atoms with van der Waals surface area (Å²) >= 11 is 0. The van der Waals surface area contributed by atoms with Gasteiger partial charge in [0.15, 0.2) is 11.5 Å². The monoisotopic (exact) mass is 345 g/mol. The van der Waals surface area contributed by atoms with Crippen molar-refractivity contribution >= 4 is 11.7 Å². The number of benzene rings is 1. The normalized spacial score (nSPS) is 14.4. The Bertz CT molecular complexity index is 751. The van der Waals surface area contributed by atoms with Crippen molar-refractivity contribution in [2.24, 2.45) is 0 Å². The Morgan fingerprint density at radius 3 is 2.36 bits per heavy atom. The van der Waals surface area contributed by atoms with Crippen molar-refractivity contribution < 1.29 is 19.0 Å². The molecule has 0 radical (unpaired) electrons. The second-order valence-electron chi connectivity index (χ2n) is 5.96. The molecule has 7 nitrogen and oxygen atoms in total. The van der Waals surface area contributed by atoms with Gasteiger partial charge in [-0.15, -0.1) is 0 Å². The van der Waals surface area contributed by atoms with Crippen molar-refractivity contribution in [3.8, 4) is 17.2 Å². The summed E-state index contributed by atoms with van der Waals surface area (Å²) in [6.45, 7) is 0. The number of hydrogen-bond donors (Lipinski definition) is 1. The molecule has 1 amide bonds. The Kier molecular flexibility index (Phi) is 5.11. The summed E-state index contributed by atoms with van der Waals surface area (Å²) in [5.74, 6) is 1.80. The standard InChI is InChI=1S/C18H23N3O4/c1-23-14-11-16(25-3)15(24-2)10-13(14)18(22)20-17-8-9-19-21(17)12-6-4-5-7-12/h8-12H,4-7H2,1-3H3,(H,20,22). The average Bonchev–Trinajstić information content (AvgIpc) is 3.31. The summed E-state index contributed by atoms with van der Waals surface area (Å²) in [5.41, 5.74) is 0.374. The van der Waals surface area contributed by atoms with Gasteiger partial charge in [0.2, 0.25) is 0 Å². The predicted octanol–water partition coefficient (Wildman–Crippen LogP) is 3.28. The molecule has 0 spiro atoms. The van der Waals surface area contributed by atoms with Crippen molar-refractivity contribution in [3.63, 3.8) is 0 Å². The highest BCUT2D eigenvalue weighted by Crippen LogP contribution is 2.35. The van der Waals surface area contributed by atoms with Crippen LogP contribution in [0.1, 0.15) is 42.1 Å². The Balaban J connectivity index is 1.87. The van der Waals surface area contributed by atoms with Gasteiger partial charge in [-0.2, -0.15) is 5.10 Å². The van der Waals surface area contributed by atoms with Crippen molar-refractivity contribution in [1.29, 1.82) is 0 Å². The van der Waals surface area contributed by atoms with Crippen LogP contribution in [0.3, 0.4) is 0 Å². The van der Waals surface area contributed by atoms with E-state index in [0.717, 1.165) is 12.8 Å². The second-order valence-corrected chi connectivity index (χ2v) is 5.96. The van der Waals surface area contributed by atoms with E-state index in [9.17, 15) is 4.79 Å². The number of methoxy groups -OCH3 is 3. The van der Waals surface area contributed by atoms with Gasteiger partial charge < -0.3 is 19.5 Å².